The molecule has 2 atom stereocenters. The number of ether oxygens (including phenoxy) is 1. The van der Waals surface area contributed by atoms with Gasteiger partial charge in [0, 0.05) is 44.5 Å². The highest BCUT2D eigenvalue weighted by Gasteiger charge is 2.34. The number of carboxylic acids is 1. The van der Waals surface area contributed by atoms with Crippen LogP contribution in [-0.4, -0.2) is 76.4 Å². The summed E-state index contributed by atoms with van der Waals surface area (Å²) in [5.41, 5.74) is 1.28. The Bertz CT molecular complexity index is 802. The van der Waals surface area contributed by atoms with Crippen molar-refractivity contribution in [2.24, 2.45) is 5.92 Å². The van der Waals surface area contributed by atoms with E-state index in [1.807, 2.05) is 18.3 Å². The van der Waals surface area contributed by atoms with Gasteiger partial charge in [-0.15, -0.1) is 0 Å². The fourth-order valence-corrected chi connectivity index (χ4v) is 3.75. The third-order valence-electron chi connectivity index (χ3n) is 4.95. The SMILES string of the molecule is O=C(O)c1ccc(N2C[C@H]3COC[C@@H]2CN(Cc2ccccn2)C3)nc1.O=CO. The minimum atomic E-state index is -0.955. The fourth-order valence-electron chi connectivity index (χ4n) is 3.75. The molecule has 0 amide bonds. The highest BCUT2D eigenvalue weighted by molar-refractivity contribution is 5.87. The van der Waals surface area contributed by atoms with Gasteiger partial charge in [0.2, 0.25) is 0 Å². The van der Waals surface area contributed by atoms with Crippen LogP contribution < -0.4 is 4.90 Å². The predicted octanol–water partition coefficient (Wildman–Crippen LogP) is 1.21. The minimum absolute atomic E-state index is 0.189. The monoisotopic (exact) mass is 400 g/mol. The third-order valence-corrected chi connectivity index (χ3v) is 4.95. The molecule has 0 aromatic carbocycles. The lowest BCUT2D eigenvalue weighted by Crippen LogP contribution is -2.44. The van der Waals surface area contributed by atoms with Crippen LogP contribution in [0.1, 0.15) is 16.1 Å². The maximum absolute atomic E-state index is 11.1. The molecule has 2 fully saturated rings. The van der Waals surface area contributed by atoms with E-state index in [0.29, 0.717) is 12.5 Å². The lowest BCUT2D eigenvalue weighted by Gasteiger charge is -2.31. The molecule has 154 valence electrons. The van der Waals surface area contributed by atoms with Crippen LogP contribution in [0.15, 0.2) is 42.7 Å². The van der Waals surface area contributed by atoms with E-state index in [1.54, 1.807) is 12.1 Å². The molecule has 2 saturated heterocycles. The van der Waals surface area contributed by atoms with E-state index in [9.17, 15) is 4.79 Å². The van der Waals surface area contributed by atoms with Gasteiger partial charge in [-0.3, -0.25) is 14.7 Å². The van der Waals surface area contributed by atoms with Gasteiger partial charge in [-0.05, 0) is 24.3 Å². The Hall–Kier alpha value is -3.04. The summed E-state index contributed by atoms with van der Waals surface area (Å²) in [6.07, 6.45) is 3.26. The van der Waals surface area contributed by atoms with Crippen molar-refractivity contribution < 1.29 is 24.5 Å². The Morgan fingerprint density at radius 1 is 1.17 bits per heavy atom. The summed E-state index contributed by atoms with van der Waals surface area (Å²) in [7, 11) is 0. The van der Waals surface area contributed by atoms with Gasteiger partial charge in [0.1, 0.15) is 5.82 Å². The molecule has 0 spiro atoms. The van der Waals surface area contributed by atoms with Crippen LogP contribution >= 0.6 is 0 Å². The number of nitrogens with zero attached hydrogens (tertiary/aromatic N) is 4. The molecule has 2 N–H and O–H groups in total. The first kappa shape index (κ1) is 20.7. The molecule has 2 aliphatic rings. The number of rotatable bonds is 4. The maximum Gasteiger partial charge on any atom is 0.337 e. The molecule has 0 radical (unpaired) electrons. The summed E-state index contributed by atoms with van der Waals surface area (Å²) < 4.78 is 5.87. The van der Waals surface area contributed by atoms with Crippen LogP contribution in [0.4, 0.5) is 5.82 Å². The van der Waals surface area contributed by atoms with Crippen LogP contribution in [0.25, 0.3) is 0 Å². The van der Waals surface area contributed by atoms with Crippen LogP contribution in [0.3, 0.4) is 0 Å². The molecule has 4 rings (SSSR count). The number of anilines is 1. The third kappa shape index (κ3) is 5.49. The van der Waals surface area contributed by atoms with Gasteiger partial charge in [0.15, 0.2) is 0 Å². The summed E-state index contributed by atoms with van der Waals surface area (Å²) in [4.78, 5) is 33.0. The van der Waals surface area contributed by atoms with Gasteiger partial charge in [0.05, 0.1) is 30.5 Å². The van der Waals surface area contributed by atoms with E-state index in [0.717, 1.165) is 44.3 Å². The molecule has 2 aliphatic heterocycles. The van der Waals surface area contributed by atoms with Crippen molar-refractivity contribution in [3.8, 4) is 0 Å². The summed E-state index contributed by atoms with van der Waals surface area (Å²) in [5.74, 6) is 0.242. The molecule has 2 aromatic rings. The summed E-state index contributed by atoms with van der Waals surface area (Å²) in [6, 6.07) is 9.61. The smallest absolute Gasteiger partial charge is 0.337 e. The molecule has 2 aromatic heterocycles. The number of aromatic carboxylic acids is 1. The number of hydrogen-bond acceptors (Lipinski definition) is 7. The first-order valence-corrected chi connectivity index (χ1v) is 9.34. The summed E-state index contributed by atoms with van der Waals surface area (Å²) >= 11 is 0. The molecular formula is C20H24N4O5. The zero-order chi connectivity index (χ0) is 20.6. The second-order valence-corrected chi connectivity index (χ2v) is 7.04. The lowest BCUT2D eigenvalue weighted by atomic mass is 10.1. The minimum Gasteiger partial charge on any atom is -0.483 e. The number of pyridine rings is 2. The zero-order valence-electron chi connectivity index (χ0n) is 15.9. The molecule has 2 bridgehead atoms. The molecule has 4 heterocycles. The Labute approximate surface area is 168 Å². The van der Waals surface area contributed by atoms with E-state index in [-0.39, 0.29) is 18.1 Å². The number of hydrogen-bond donors (Lipinski definition) is 2. The lowest BCUT2D eigenvalue weighted by molar-refractivity contribution is -0.122. The van der Waals surface area contributed by atoms with Crippen molar-refractivity contribution >= 4 is 18.3 Å². The van der Waals surface area contributed by atoms with Crippen molar-refractivity contribution in [3.63, 3.8) is 0 Å². The van der Waals surface area contributed by atoms with Gasteiger partial charge in [-0.25, -0.2) is 9.78 Å². The predicted molar refractivity (Wildman–Crippen MR) is 105 cm³/mol. The Morgan fingerprint density at radius 3 is 2.66 bits per heavy atom. The first-order valence-electron chi connectivity index (χ1n) is 9.34. The Balaban J connectivity index is 0.000000755. The van der Waals surface area contributed by atoms with Gasteiger partial charge in [0.25, 0.3) is 6.47 Å². The molecule has 0 saturated carbocycles. The second-order valence-electron chi connectivity index (χ2n) is 7.04. The molecule has 0 aliphatic carbocycles. The van der Waals surface area contributed by atoms with Crippen molar-refractivity contribution in [1.82, 2.24) is 14.9 Å². The summed E-state index contributed by atoms with van der Waals surface area (Å²) in [6.45, 7) is 4.65. The number of carboxylic acid groups (broad SMARTS) is 2. The van der Waals surface area contributed by atoms with Crippen LogP contribution in [0.2, 0.25) is 0 Å². The van der Waals surface area contributed by atoms with Crippen molar-refractivity contribution in [2.75, 3.05) is 37.7 Å². The number of fused-ring (bicyclic) bond motifs is 3. The molecule has 9 nitrogen and oxygen atoms in total. The van der Waals surface area contributed by atoms with E-state index in [1.165, 1.54) is 6.20 Å². The number of aromatic nitrogens is 2. The molecule has 9 heteroatoms. The topological polar surface area (TPSA) is 116 Å². The van der Waals surface area contributed by atoms with Gasteiger partial charge in [-0.1, -0.05) is 6.07 Å². The maximum atomic E-state index is 11.1. The quantitative estimate of drug-likeness (QED) is 0.731. The molecule has 29 heavy (non-hydrogen) atoms. The van der Waals surface area contributed by atoms with Crippen molar-refractivity contribution in [3.05, 3.63) is 54.0 Å². The van der Waals surface area contributed by atoms with Crippen LogP contribution in [0.5, 0.6) is 0 Å². The summed E-state index contributed by atoms with van der Waals surface area (Å²) in [5, 5.41) is 16.0. The largest absolute Gasteiger partial charge is 0.483 e. The van der Waals surface area contributed by atoms with E-state index in [4.69, 9.17) is 19.7 Å². The molecular weight excluding hydrogens is 376 g/mol. The average molecular weight is 400 g/mol. The first-order chi connectivity index (χ1) is 14.1. The zero-order valence-corrected chi connectivity index (χ0v) is 15.9. The van der Waals surface area contributed by atoms with Gasteiger partial charge < -0.3 is 19.8 Å². The Kier molecular flexibility index (Phi) is 7.09. The highest BCUT2D eigenvalue weighted by Crippen LogP contribution is 2.25. The van der Waals surface area contributed by atoms with E-state index >= 15 is 0 Å². The standard InChI is InChI=1S/C19H22N4O3.CH2O2/c24-19(25)15-4-5-18(21-7-15)23-9-14-8-22(11-17(23)13-26-12-14)10-16-3-1-2-6-20-16;2-1-3/h1-7,14,17H,8-13H2,(H,24,25);1H,(H,2,3)/t14-,17-;/m0./s1. The van der Waals surface area contributed by atoms with Gasteiger partial charge in [-0.2, -0.15) is 0 Å². The average Bonchev–Trinajstić information content (AvgIpc) is 3.00. The van der Waals surface area contributed by atoms with E-state index < -0.39 is 5.97 Å². The number of carbonyl (C=O) groups is 2. The van der Waals surface area contributed by atoms with E-state index in [2.05, 4.69) is 25.8 Å². The Morgan fingerprint density at radius 2 is 2.00 bits per heavy atom. The van der Waals surface area contributed by atoms with Crippen molar-refractivity contribution in [2.45, 2.75) is 12.6 Å². The second kappa shape index (κ2) is 9.94. The van der Waals surface area contributed by atoms with Crippen molar-refractivity contribution in [1.29, 1.82) is 0 Å². The normalized spacial score (nSPS) is 21.4. The molecule has 0 unspecified atom stereocenters. The van der Waals surface area contributed by atoms with Gasteiger partial charge >= 0.3 is 5.97 Å². The fraction of sp³-hybridized carbons (Fsp3) is 0.400. The van der Waals surface area contributed by atoms with Crippen LogP contribution in [0, 0.1) is 5.92 Å². The van der Waals surface area contributed by atoms with Crippen LogP contribution in [-0.2, 0) is 16.1 Å². The highest BCUT2D eigenvalue weighted by atomic mass is 16.5.